The number of piperidine rings is 1. The molecule has 0 unspecified atom stereocenters. The van der Waals surface area contributed by atoms with Crippen LogP contribution in [0.2, 0.25) is 5.02 Å². The lowest BCUT2D eigenvalue weighted by molar-refractivity contribution is 0.572. The molecule has 2 aromatic heterocycles. The van der Waals surface area contributed by atoms with Gasteiger partial charge in [-0.25, -0.2) is 4.98 Å². The van der Waals surface area contributed by atoms with Crippen molar-refractivity contribution in [3.8, 4) is 0 Å². The molecular formula is C17H22ClN3O. The number of aromatic nitrogens is 2. The van der Waals surface area contributed by atoms with E-state index in [1.54, 1.807) is 10.6 Å². The number of halogens is 1. The van der Waals surface area contributed by atoms with E-state index in [0.29, 0.717) is 10.6 Å². The van der Waals surface area contributed by atoms with E-state index in [4.69, 9.17) is 16.6 Å². The molecule has 0 amide bonds. The maximum absolute atomic E-state index is 12.8. The van der Waals surface area contributed by atoms with Crippen molar-refractivity contribution in [1.82, 2.24) is 9.38 Å². The quantitative estimate of drug-likeness (QED) is 0.845. The molecule has 2 aromatic rings. The van der Waals surface area contributed by atoms with Gasteiger partial charge >= 0.3 is 0 Å². The van der Waals surface area contributed by atoms with E-state index in [1.165, 1.54) is 6.42 Å². The Morgan fingerprint density at radius 1 is 1.23 bits per heavy atom. The smallest absolute Gasteiger partial charge is 0.262 e. The van der Waals surface area contributed by atoms with Crippen LogP contribution >= 0.6 is 11.6 Å². The lowest BCUT2D eigenvalue weighted by Gasteiger charge is -2.29. The molecule has 3 rings (SSSR count). The molecule has 5 heteroatoms. The SMILES string of the molecule is Cc1c(N2CCCCC2)nc2c(C(C)C)cc(Cl)cn2c1=O. The zero-order valence-electron chi connectivity index (χ0n) is 13.4. The monoisotopic (exact) mass is 319 g/mol. The van der Waals surface area contributed by atoms with Gasteiger partial charge < -0.3 is 4.90 Å². The summed E-state index contributed by atoms with van der Waals surface area (Å²) in [4.78, 5) is 19.9. The third-order valence-corrected chi connectivity index (χ3v) is 4.60. The van der Waals surface area contributed by atoms with Crippen LogP contribution in [0.4, 0.5) is 5.82 Å². The maximum atomic E-state index is 12.8. The molecule has 118 valence electrons. The minimum Gasteiger partial charge on any atom is -0.356 e. The van der Waals surface area contributed by atoms with Gasteiger partial charge in [0.15, 0.2) is 0 Å². The van der Waals surface area contributed by atoms with Crippen molar-refractivity contribution in [2.75, 3.05) is 18.0 Å². The number of pyridine rings is 1. The molecule has 3 heterocycles. The molecule has 0 atom stereocenters. The highest BCUT2D eigenvalue weighted by molar-refractivity contribution is 6.30. The zero-order valence-corrected chi connectivity index (χ0v) is 14.2. The topological polar surface area (TPSA) is 37.6 Å². The van der Waals surface area contributed by atoms with Crippen LogP contribution in [0.1, 0.15) is 50.2 Å². The minimum absolute atomic E-state index is 0.0185. The molecule has 1 fully saturated rings. The summed E-state index contributed by atoms with van der Waals surface area (Å²) < 4.78 is 1.60. The summed E-state index contributed by atoms with van der Waals surface area (Å²) in [5.41, 5.74) is 2.43. The van der Waals surface area contributed by atoms with Gasteiger partial charge in [-0.2, -0.15) is 0 Å². The average Bonchev–Trinajstić information content (AvgIpc) is 2.51. The molecule has 0 aromatic carbocycles. The van der Waals surface area contributed by atoms with Gasteiger partial charge in [0.25, 0.3) is 5.56 Å². The highest BCUT2D eigenvalue weighted by Crippen LogP contribution is 2.26. The molecule has 1 aliphatic heterocycles. The number of fused-ring (bicyclic) bond motifs is 1. The van der Waals surface area contributed by atoms with Gasteiger partial charge in [0, 0.05) is 19.3 Å². The van der Waals surface area contributed by atoms with Gasteiger partial charge in [-0.05, 0) is 43.7 Å². The van der Waals surface area contributed by atoms with E-state index in [0.717, 1.165) is 43.0 Å². The highest BCUT2D eigenvalue weighted by Gasteiger charge is 2.19. The molecular weight excluding hydrogens is 298 g/mol. The molecule has 1 saturated heterocycles. The molecule has 22 heavy (non-hydrogen) atoms. The molecule has 1 aliphatic rings. The first kappa shape index (κ1) is 15.3. The van der Waals surface area contributed by atoms with E-state index in [9.17, 15) is 4.79 Å². The number of hydrogen-bond donors (Lipinski definition) is 0. The van der Waals surface area contributed by atoms with Gasteiger partial charge in [-0.15, -0.1) is 0 Å². The van der Waals surface area contributed by atoms with Gasteiger partial charge in [0.1, 0.15) is 11.5 Å². The Balaban J connectivity index is 2.27. The maximum Gasteiger partial charge on any atom is 0.262 e. The van der Waals surface area contributed by atoms with Crippen LogP contribution in [0.15, 0.2) is 17.1 Å². The summed E-state index contributed by atoms with van der Waals surface area (Å²) in [5, 5.41) is 0.574. The molecule has 0 radical (unpaired) electrons. The predicted octanol–water partition coefficient (Wildman–Crippen LogP) is 3.77. The second-order valence-corrected chi connectivity index (χ2v) is 6.81. The molecule has 0 spiro atoms. The van der Waals surface area contributed by atoms with Gasteiger partial charge in [-0.3, -0.25) is 9.20 Å². The Morgan fingerprint density at radius 3 is 2.55 bits per heavy atom. The van der Waals surface area contributed by atoms with E-state index < -0.39 is 0 Å². The fourth-order valence-corrected chi connectivity index (χ4v) is 3.36. The van der Waals surface area contributed by atoms with Crippen LogP contribution in [-0.4, -0.2) is 22.5 Å². The van der Waals surface area contributed by atoms with Crippen LogP contribution in [0.3, 0.4) is 0 Å². The normalized spacial score (nSPS) is 15.8. The minimum atomic E-state index is -0.0185. The van der Waals surface area contributed by atoms with Gasteiger partial charge in [0.05, 0.1) is 10.6 Å². The molecule has 0 bridgehead atoms. The highest BCUT2D eigenvalue weighted by atomic mass is 35.5. The van der Waals surface area contributed by atoms with E-state index >= 15 is 0 Å². The number of anilines is 1. The predicted molar refractivity (Wildman–Crippen MR) is 91.4 cm³/mol. The van der Waals surface area contributed by atoms with Crippen molar-refractivity contribution in [2.45, 2.75) is 46.0 Å². The van der Waals surface area contributed by atoms with Crippen molar-refractivity contribution >= 4 is 23.1 Å². The van der Waals surface area contributed by atoms with Gasteiger partial charge in [-0.1, -0.05) is 25.4 Å². The summed E-state index contributed by atoms with van der Waals surface area (Å²) in [6.45, 7) is 8.01. The van der Waals surface area contributed by atoms with E-state index in [1.807, 2.05) is 13.0 Å². The van der Waals surface area contributed by atoms with E-state index in [-0.39, 0.29) is 11.5 Å². The zero-order chi connectivity index (χ0) is 15.9. The third-order valence-electron chi connectivity index (χ3n) is 4.40. The Labute approximate surface area is 135 Å². The lowest BCUT2D eigenvalue weighted by Crippen LogP contribution is -2.33. The van der Waals surface area contributed by atoms with Crippen LogP contribution in [0.25, 0.3) is 5.65 Å². The summed E-state index contributed by atoms with van der Waals surface area (Å²) in [6.07, 6.45) is 5.26. The van der Waals surface area contributed by atoms with Gasteiger partial charge in [0.2, 0.25) is 0 Å². The van der Waals surface area contributed by atoms with E-state index in [2.05, 4.69) is 18.7 Å². The second kappa shape index (κ2) is 5.92. The first-order valence-electron chi connectivity index (χ1n) is 7.96. The van der Waals surface area contributed by atoms with Crippen molar-refractivity contribution in [3.63, 3.8) is 0 Å². The molecule has 0 aliphatic carbocycles. The Morgan fingerprint density at radius 2 is 1.91 bits per heavy atom. The second-order valence-electron chi connectivity index (χ2n) is 6.38. The standard InChI is InChI=1S/C17H22ClN3O/c1-11(2)14-9-13(18)10-21-16(14)19-15(12(3)17(21)22)20-7-5-4-6-8-20/h9-11H,4-8H2,1-3H3. The number of nitrogens with zero attached hydrogens (tertiary/aromatic N) is 3. The first-order chi connectivity index (χ1) is 10.5. The van der Waals surface area contributed by atoms with Crippen molar-refractivity contribution in [1.29, 1.82) is 0 Å². The van der Waals surface area contributed by atoms with Crippen molar-refractivity contribution in [2.24, 2.45) is 0 Å². The summed E-state index contributed by atoms with van der Waals surface area (Å²) in [7, 11) is 0. The fourth-order valence-electron chi connectivity index (χ4n) is 3.15. The summed E-state index contributed by atoms with van der Waals surface area (Å²) >= 11 is 6.18. The lowest BCUT2D eigenvalue weighted by atomic mass is 10.0. The van der Waals surface area contributed by atoms with Crippen LogP contribution in [-0.2, 0) is 0 Å². The Kier molecular flexibility index (Phi) is 4.13. The number of hydrogen-bond acceptors (Lipinski definition) is 3. The summed E-state index contributed by atoms with van der Waals surface area (Å²) in [6, 6.07) is 1.92. The first-order valence-corrected chi connectivity index (χ1v) is 8.34. The molecule has 0 saturated carbocycles. The average molecular weight is 320 g/mol. The van der Waals surface area contributed by atoms with Crippen LogP contribution in [0.5, 0.6) is 0 Å². The largest absolute Gasteiger partial charge is 0.356 e. The Hall–Kier alpha value is -1.55. The third kappa shape index (κ3) is 2.60. The van der Waals surface area contributed by atoms with Crippen molar-refractivity contribution in [3.05, 3.63) is 38.8 Å². The van der Waals surface area contributed by atoms with Crippen LogP contribution < -0.4 is 10.5 Å². The number of rotatable bonds is 2. The fraction of sp³-hybridized carbons (Fsp3) is 0.529. The Bertz CT molecular complexity index is 761. The summed E-state index contributed by atoms with van der Waals surface area (Å²) in [5.74, 6) is 1.10. The molecule has 0 N–H and O–H groups in total. The molecule has 4 nitrogen and oxygen atoms in total. The van der Waals surface area contributed by atoms with Crippen molar-refractivity contribution < 1.29 is 0 Å². The van der Waals surface area contributed by atoms with Crippen LogP contribution in [0, 0.1) is 6.92 Å².